The fourth-order valence-electron chi connectivity index (χ4n) is 2.96. The molecule has 0 fully saturated rings. The summed E-state index contributed by atoms with van der Waals surface area (Å²) in [6.07, 6.45) is 1.00. The SMILES string of the molecule is CC(C)NCc1c2c(nc3c(Cl)cccc13)CCN(C)C2. The lowest BCUT2D eigenvalue weighted by molar-refractivity contribution is 0.308. The second-order valence-electron chi connectivity index (χ2n) is 6.17. The largest absolute Gasteiger partial charge is 0.310 e. The smallest absolute Gasteiger partial charge is 0.0894 e. The Kier molecular flexibility index (Phi) is 4.16. The predicted molar refractivity (Wildman–Crippen MR) is 88.8 cm³/mol. The maximum Gasteiger partial charge on any atom is 0.0894 e. The third-order valence-corrected chi connectivity index (χ3v) is 4.42. The van der Waals surface area contributed by atoms with E-state index in [-0.39, 0.29) is 0 Å². The van der Waals surface area contributed by atoms with Gasteiger partial charge in [-0.15, -0.1) is 0 Å². The van der Waals surface area contributed by atoms with Gasteiger partial charge in [-0.25, -0.2) is 0 Å². The third-order valence-electron chi connectivity index (χ3n) is 4.12. The maximum atomic E-state index is 6.37. The van der Waals surface area contributed by atoms with Crippen LogP contribution in [0.1, 0.15) is 30.7 Å². The molecule has 1 aromatic carbocycles. The summed E-state index contributed by atoms with van der Waals surface area (Å²) in [5.41, 5.74) is 4.90. The van der Waals surface area contributed by atoms with E-state index in [4.69, 9.17) is 16.6 Å². The summed E-state index contributed by atoms with van der Waals surface area (Å²) in [5, 5.41) is 5.48. The van der Waals surface area contributed by atoms with E-state index < -0.39 is 0 Å². The molecule has 2 heterocycles. The van der Waals surface area contributed by atoms with Crippen molar-refractivity contribution in [3.05, 3.63) is 40.0 Å². The second kappa shape index (κ2) is 5.91. The molecule has 0 radical (unpaired) electrons. The van der Waals surface area contributed by atoms with Crippen LogP contribution in [0.5, 0.6) is 0 Å². The highest BCUT2D eigenvalue weighted by molar-refractivity contribution is 6.35. The molecule has 0 atom stereocenters. The lowest BCUT2D eigenvalue weighted by atomic mass is 9.96. The Morgan fingerprint density at radius 3 is 2.95 bits per heavy atom. The van der Waals surface area contributed by atoms with Crippen LogP contribution in [0.4, 0.5) is 0 Å². The van der Waals surface area contributed by atoms with Crippen LogP contribution >= 0.6 is 11.6 Å². The topological polar surface area (TPSA) is 28.2 Å². The zero-order valence-electron chi connectivity index (χ0n) is 12.9. The summed E-state index contributed by atoms with van der Waals surface area (Å²) < 4.78 is 0. The number of benzene rings is 1. The van der Waals surface area contributed by atoms with Gasteiger partial charge >= 0.3 is 0 Å². The Labute approximate surface area is 131 Å². The number of fused-ring (bicyclic) bond motifs is 2. The predicted octanol–water partition coefficient (Wildman–Crippen LogP) is 3.37. The summed E-state index contributed by atoms with van der Waals surface area (Å²) >= 11 is 6.37. The lowest BCUT2D eigenvalue weighted by Gasteiger charge is -2.28. The quantitative estimate of drug-likeness (QED) is 0.942. The molecule has 0 unspecified atom stereocenters. The molecule has 3 rings (SSSR count). The van der Waals surface area contributed by atoms with Gasteiger partial charge < -0.3 is 10.2 Å². The number of para-hydroxylation sites is 1. The monoisotopic (exact) mass is 303 g/mol. The fraction of sp³-hybridized carbons (Fsp3) is 0.471. The molecule has 21 heavy (non-hydrogen) atoms. The summed E-state index contributed by atoms with van der Waals surface area (Å²) in [6.45, 7) is 7.25. The standard InChI is InChI=1S/C17H22ClN3/c1-11(2)19-9-13-12-5-4-6-15(18)17(12)20-16-7-8-21(3)10-14(13)16/h4-6,11,19H,7-10H2,1-3H3. The summed E-state index contributed by atoms with van der Waals surface area (Å²) in [4.78, 5) is 7.21. The van der Waals surface area contributed by atoms with Crippen LogP contribution in [0, 0.1) is 0 Å². The van der Waals surface area contributed by atoms with E-state index >= 15 is 0 Å². The van der Waals surface area contributed by atoms with Crippen LogP contribution in [0.3, 0.4) is 0 Å². The lowest BCUT2D eigenvalue weighted by Crippen LogP contribution is -2.30. The van der Waals surface area contributed by atoms with Gasteiger partial charge in [0.1, 0.15) is 0 Å². The molecule has 4 heteroatoms. The van der Waals surface area contributed by atoms with Crippen LogP contribution in [-0.2, 0) is 19.5 Å². The van der Waals surface area contributed by atoms with Gasteiger partial charge in [0, 0.05) is 43.2 Å². The third kappa shape index (κ3) is 2.91. The first kappa shape index (κ1) is 14.8. The Hall–Kier alpha value is -1.16. The minimum atomic E-state index is 0.462. The molecule has 0 saturated heterocycles. The first-order valence-corrected chi connectivity index (χ1v) is 7.95. The Balaban J connectivity index is 2.18. The number of nitrogens with zero attached hydrogens (tertiary/aromatic N) is 2. The average molecular weight is 304 g/mol. The molecule has 112 valence electrons. The van der Waals surface area contributed by atoms with Crippen LogP contribution in [0.2, 0.25) is 5.02 Å². The van der Waals surface area contributed by atoms with E-state index in [9.17, 15) is 0 Å². The highest BCUT2D eigenvalue weighted by Crippen LogP contribution is 2.31. The normalized spacial score (nSPS) is 15.7. The molecule has 0 saturated carbocycles. The summed E-state index contributed by atoms with van der Waals surface area (Å²) in [7, 11) is 2.17. The number of likely N-dealkylation sites (N-methyl/N-ethyl adjacent to an activating group) is 1. The zero-order valence-corrected chi connectivity index (χ0v) is 13.7. The molecule has 2 aromatic rings. The van der Waals surface area contributed by atoms with Crippen LogP contribution < -0.4 is 5.32 Å². The number of nitrogens with one attached hydrogen (secondary N) is 1. The molecule has 0 spiro atoms. The first-order valence-electron chi connectivity index (χ1n) is 7.57. The number of hydrogen-bond acceptors (Lipinski definition) is 3. The van der Waals surface area contributed by atoms with E-state index in [0.29, 0.717) is 6.04 Å². The van der Waals surface area contributed by atoms with Gasteiger partial charge in [0.2, 0.25) is 0 Å². The second-order valence-corrected chi connectivity index (χ2v) is 6.58. The number of rotatable bonds is 3. The highest BCUT2D eigenvalue weighted by Gasteiger charge is 2.21. The van der Waals surface area contributed by atoms with E-state index in [2.05, 4.69) is 37.2 Å². The number of hydrogen-bond donors (Lipinski definition) is 1. The van der Waals surface area contributed by atoms with Crippen LogP contribution in [0.25, 0.3) is 10.9 Å². The molecular weight excluding hydrogens is 282 g/mol. The molecule has 1 aliphatic rings. The molecular formula is C17H22ClN3. The van der Waals surface area contributed by atoms with E-state index in [0.717, 1.165) is 36.6 Å². The summed E-state index contributed by atoms with van der Waals surface area (Å²) in [5.74, 6) is 0. The molecule has 1 aromatic heterocycles. The number of aromatic nitrogens is 1. The van der Waals surface area contributed by atoms with Gasteiger partial charge in [0.25, 0.3) is 0 Å². The zero-order chi connectivity index (χ0) is 15.0. The molecule has 0 bridgehead atoms. The van der Waals surface area contributed by atoms with Gasteiger partial charge in [-0.2, -0.15) is 0 Å². The van der Waals surface area contributed by atoms with E-state index in [1.54, 1.807) is 0 Å². The van der Waals surface area contributed by atoms with Gasteiger partial charge in [-0.1, -0.05) is 37.6 Å². The van der Waals surface area contributed by atoms with Crippen LogP contribution in [-0.4, -0.2) is 29.5 Å². The van der Waals surface area contributed by atoms with Gasteiger partial charge in [0.05, 0.1) is 10.5 Å². The molecule has 0 aliphatic carbocycles. The van der Waals surface area contributed by atoms with Gasteiger partial charge in [0.15, 0.2) is 0 Å². The highest BCUT2D eigenvalue weighted by atomic mass is 35.5. The Bertz CT molecular complexity index is 667. The minimum Gasteiger partial charge on any atom is -0.310 e. The van der Waals surface area contributed by atoms with E-state index in [1.165, 1.54) is 22.2 Å². The fourth-order valence-corrected chi connectivity index (χ4v) is 3.18. The number of halogens is 1. The van der Waals surface area contributed by atoms with Gasteiger partial charge in [-0.05, 0) is 24.2 Å². The summed E-state index contributed by atoms with van der Waals surface area (Å²) in [6, 6.07) is 6.55. The van der Waals surface area contributed by atoms with Crippen LogP contribution in [0.15, 0.2) is 18.2 Å². The van der Waals surface area contributed by atoms with Crippen molar-refractivity contribution < 1.29 is 0 Å². The van der Waals surface area contributed by atoms with Crippen molar-refractivity contribution in [1.29, 1.82) is 0 Å². The van der Waals surface area contributed by atoms with E-state index in [1.807, 2.05) is 12.1 Å². The Morgan fingerprint density at radius 2 is 2.19 bits per heavy atom. The van der Waals surface area contributed by atoms with Crippen molar-refractivity contribution in [3.63, 3.8) is 0 Å². The molecule has 0 amide bonds. The van der Waals surface area contributed by atoms with Crippen molar-refractivity contribution in [2.45, 2.75) is 39.4 Å². The number of pyridine rings is 1. The molecule has 1 N–H and O–H groups in total. The Morgan fingerprint density at radius 1 is 1.38 bits per heavy atom. The van der Waals surface area contributed by atoms with Gasteiger partial charge in [-0.3, -0.25) is 4.98 Å². The molecule has 1 aliphatic heterocycles. The van der Waals surface area contributed by atoms with Crippen molar-refractivity contribution >= 4 is 22.5 Å². The average Bonchev–Trinajstić information content (AvgIpc) is 2.44. The van der Waals surface area contributed by atoms with Crippen molar-refractivity contribution in [1.82, 2.24) is 15.2 Å². The van der Waals surface area contributed by atoms with Crippen molar-refractivity contribution in [3.8, 4) is 0 Å². The van der Waals surface area contributed by atoms with Crippen molar-refractivity contribution in [2.75, 3.05) is 13.6 Å². The minimum absolute atomic E-state index is 0.462. The maximum absolute atomic E-state index is 6.37. The first-order chi connectivity index (χ1) is 10.1. The molecule has 3 nitrogen and oxygen atoms in total. The van der Waals surface area contributed by atoms with Crippen molar-refractivity contribution in [2.24, 2.45) is 0 Å².